The molecule has 0 aliphatic rings. The summed E-state index contributed by atoms with van der Waals surface area (Å²) < 4.78 is 18.0. The number of rotatable bonds is 5. The molecule has 0 aliphatic heterocycles. The number of aromatic nitrogens is 1. The molecule has 0 spiro atoms. The molecule has 2 aromatic rings. The van der Waals surface area contributed by atoms with Gasteiger partial charge in [0.1, 0.15) is 10.8 Å². The molecular weight excluding hydrogens is 343 g/mol. The van der Waals surface area contributed by atoms with E-state index in [2.05, 4.69) is 10.3 Å². The van der Waals surface area contributed by atoms with E-state index in [9.17, 15) is 14.0 Å². The number of ether oxygens (including phenoxy) is 1. The van der Waals surface area contributed by atoms with Gasteiger partial charge in [-0.25, -0.2) is 14.2 Å². The number of amides is 1. The van der Waals surface area contributed by atoms with Gasteiger partial charge in [-0.15, -0.1) is 11.8 Å². The largest absolute Gasteiger partial charge is 0.452 e. The SMILES string of the molecule is CSc1ncccc1C(=O)OCC(=O)Nc1ccc(F)c(Cl)c1. The van der Waals surface area contributed by atoms with Gasteiger partial charge in [0.2, 0.25) is 0 Å². The first-order valence-corrected chi connectivity index (χ1v) is 8.02. The zero-order chi connectivity index (χ0) is 16.8. The van der Waals surface area contributed by atoms with E-state index in [1.54, 1.807) is 24.6 Å². The van der Waals surface area contributed by atoms with Crippen molar-refractivity contribution >= 4 is 40.9 Å². The normalized spacial score (nSPS) is 10.2. The second-order valence-electron chi connectivity index (χ2n) is 4.31. The smallest absolute Gasteiger partial charge is 0.341 e. The third kappa shape index (κ3) is 4.67. The summed E-state index contributed by atoms with van der Waals surface area (Å²) >= 11 is 6.92. The van der Waals surface area contributed by atoms with Gasteiger partial charge in [0.15, 0.2) is 6.61 Å². The van der Waals surface area contributed by atoms with Crippen LogP contribution in [0.2, 0.25) is 5.02 Å². The van der Waals surface area contributed by atoms with E-state index in [1.807, 2.05) is 0 Å². The summed E-state index contributed by atoms with van der Waals surface area (Å²) in [5, 5.41) is 2.86. The summed E-state index contributed by atoms with van der Waals surface area (Å²) in [6.07, 6.45) is 3.34. The van der Waals surface area contributed by atoms with Crippen LogP contribution in [-0.4, -0.2) is 29.7 Å². The highest BCUT2D eigenvalue weighted by molar-refractivity contribution is 7.98. The lowest BCUT2D eigenvalue weighted by Gasteiger charge is -2.08. The van der Waals surface area contributed by atoms with E-state index in [4.69, 9.17) is 16.3 Å². The Kier molecular flexibility index (Phi) is 5.95. The number of hydrogen-bond donors (Lipinski definition) is 1. The van der Waals surface area contributed by atoms with Crippen molar-refractivity contribution < 1.29 is 18.7 Å². The molecule has 0 atom stereocenters. The number of esters is 1. The molecule has 0 bridgehead atoms. The van der Waals surface area contributed by atoms with Gasteiger partial charge in [-0.05, 0) is 36.6 Å². The Morgan fingerprint density at radius 3 is 2.87 bits per heavy atom. The molecule has 23 heavy (non-hydrogen) atoms. The van der Waals surface area contributed by atoms with Crippen LogP contribution in [0, 0.1) is 5.82 Å². The quantitative estimate of drug-likeness (QED) is 0.658. The van der Waals surface area contributed by atoms with Crippen LogP contribution in [0.15, 0.2) is 41.6 Å². The topological polar surface area (TPSA) is 68.3 Å². The molecular formula is C15H12ClFN2O3S. The Bertz CT molecular complexity index is 742. The minimum Gasteiger partial charge on any atom is -0.452 e. The maximum atomic E-state index is 13.0. The van der Waals surface area contributed by atoms with E-state index >= 15 is 0 Å². The molecule has 1 N–H and O–H groups in total. The zero-order valence-electron chi connectivity index (χ0n) is 12.0. The predicted octanol–water partition coefficient (Wildman–Crippen LogP) is 3.39. The first-order chi connectivity index (χ1) is 11.0. The van der Waals surface area contributed by atoms with Gasteiger partial charge in [-0.3, -0.25) is 4.79 Å². The lowest BCUT2D eigenvalue weighted by Crippen LogP contribution is -2.21. The van der Waals surface area contributed by atoms with E-state index in [0.717, 1.165) is 6.07 Å². The minimum atomic E-state index is -0.644. The second kappa shape index (κ2) is 7.94. The Labute approximate surface area is 141 Å². The molecule has 5 nitrogen and oxygen atoms in total. The summed E-state index contributed by atoms with van der Waals surface area (Å²) in [5.74, 6) is -1.79. The number of hydrogen-bond acceptors (Lipinski definition) is 5. The maximum Gasteiger partial charge on any atom is 0.341 e. The number of anilines is 1. The fourth-order valence-corrected chi connectivity index (χ4v) is 2.41. The van der Waals surface area contributed by atoms with Crippen molar-refractivity contribution in [2.75, 3.05) is 18.2 Å². The van der Waals surface area contributed by atoms with Gasteiger partial charge in [0.25, 0.3) is 5.91 Å². The first-order valence-electron chi connectivity index (χ1n) is 6.42. The number of halogens is 2. The van der Waals surface area contributed by atoms with Gasteiger partial charge < -0.3 is 10.1 Å². The fraction of sp³-hybridized carbons (Fsp3) is 0.133. The summed E-state index contributed by atoms with van der Waals surface area (Å²) in [5.41, 5.74) is 0.598. The number of benzene rings is 1. The summed E-state index contributed by atoms with van der Waals surface area (Å²) in [4.78, 5) is 27.7. The highest BCUT2D eigenvalue weighted by Crippen LogP contribution is 2.20. The Hall–Kier alpha value is -2.12. The molecule has 0 saturated carbocycles. The van der Waals surface area contributed by atoms with Gasteiger partial charge in [-0.1, -0.05) is 11.6 Å². The van der Waals surface area contributed by atoms with E-state index in [-0.39, 0.29) is 10.6 Å². The number of carbonyl (C=O) groups is 2. The van der Waals surface area contributed by atoms with Crippen LogP contribution >= 0.6 is 23.4 Å². The molecule has 1 aromatic carbocycles. The van der Waals surface area contributed by atoms with Crippen molar-refractivity contribution in [2.24, 2.45) is 0 Å². The Morgan fingerprint density at radius 1 is 1.39 bits per heavy atom. The summed E-state index contributed by atoms with van der Waals surface area (Å²) in [6.45, 7) is -0.476. The molecule has 0 saturated heterocycles. The third-order valence-corrected chi connectivity index (χ3v) is 3.72. The molecule has 120 valence electrons. The standard InChI is InChI=1S/C15H12ClFN2O3S/c1-23-14-10(3-2-6-18-14)15(21)22-8-13(20)19-9-4-5-12(17)11(16)7-9/h2-7H,8H2,1H3,(H,19,20). The lowest BCUT2D eigenvalue weighted by atomic mass is 10.3. The van der Waals surface area contributed by atoms with Crippen molar-refractivity contribution in [2.45, 2.75) is 5.03 Å². The third-order valence-electron chi connectivity index (χ3n) is 2.72. The van der Waals surface area contributed by atoms with E-state index in [0.29, 0.717) is 10.7 Å². The number of carbonyl (C=O) groups excluding carboxylic acids is 2. The van der Waals surface area contributed by atoms with Gasteiger partial charge in [-0.2, -0.15) is 0 Å². The van der Waals surface area contributed by atoms with Crippen molar-refractivity contribution in [3.8, 4) is 0 Å². The Morgan fingerprint density at radius 2 is 2.17 bits per heavy atom. The monoisotopic (exact) mass is 354 g/mol. The van der Waals surface area contributed by atoms with Crippen molar-refractivity contribution in [3.05, 3.63) is 52.9 Å². The molecule has 8 heteroatoms. The van der Waals surface area contributed by atoms with Crippen LogP contribution in [0.1, 0.15) is 10.4 Å². The first kappa shape index (κ1) is 17.2. The van der Waals surface area contributed by atoms with Gasteiger partial charge in [0, 0.05) is 11.9 Å². The van der Waals surface area contributed by atoms with Crippen molar-refractivity contribution in [3.63, 3.8) is 0 Å². The van der Waals surface area contributed by atoms with Crippen molar-refractivity contribution in [1.82, 2.24) is 4.98 Å². The average Bonchev–Trinajstić information content (AvgIpc) is 2.56. The predicted molar refractivity (Wildman–Crippen MR) is 86.3 cm³/mol. The molecule has 0 aliphatic carbocycles. The molecule has 1 aromatic heterocycles. The number of pyridine rings is 1. The number of nitrogens with one attached hydrogen (secondary N) is 1. The lowest BCUT2D eigenvalue weighted by molar-refractivity contribution is -0.119. The zero-order valence-corrected chi connectivity index (χ0v) is 13.6. The van der Waals surface area contributed by atoms with Crippen LogP contribution in [0.3, 0.4) is 0 Å². The van der Waals surface area contributed by atoms with E-state index < -0.39 is 24.3 Å². The molecule has 0 fully saturated rings. The molecule has 1 amide bonds. The summed E-state index contributed by atoms with van der Waals surface area (Å²) in [6, 6.07) is 6.93. The fourth-order valence-electron chi connectivity index (χ4n) is 1.69. The van der Waals surface area contributed by atoms with Crippen LogP contribution in [0.5, 0.6) is 0 Å². The second-order valence-corrected chi connectivity index (χ2v) is 5.52. The molecule has 0 unspecified atom stereocenters. The molecule has 0 radical (unpaired) electrons. The minimum absolute atomic E-state index is 0.111. The van der Waals surface area contributed by atoms with Crippen LogP contribution in [-0.2, 0) is 9.53 Å². The molecule has 1 heterocycles. The van der Waals surface area contributed by atoms with Crippen LogP contribution < -0.4 is 5.32 Å². The number of thioether (sulfide) groups is 1. The average molecular weight is 355 g/mol. The highest BCUT2D eigenvalue weighted by Gasteiger charge is 2.15. The summed E-state index contributed by atoms with van der Waals surface area (Å²) in [7, 11) is 0. The van der Waals surface area contributed by atoms with E-state index in [1.165, 1.54) is 23.9 Å². The van der Waals surface area contributed by atoms with Crippen LogP contribution in [0.25, 0.3) is 0 Å². The van der Waals surface area contributed by atoms with Crippen molar-refractivity contribution in [1.29, 1.82) is 0 Å². The maximum absolute atomic E-state index is 13.0. The number of nitrogens with zero attached hydrogens (tertiary/aromatic N) is 1. The van der Waals surface area contributed by atoms with Crippen LogP contribution in [0.4, 0.5) is 10.1 Å². The molecule has 2 rings (SSSR count). The van der Waals surface area contributed by atoms with Gasteiger partial charge in [0.05, 0.1) is 10.6 Å². The highest BCUT2D eigenvalue weighted by atomic mass is 35.5. The van der Waals surface area contributed by atoms with Gasteiger partial charge >= 0.3 is 5.97 Å². The Balaban J connectivity index is 1.93.